The summed E-state index contributed by atoms with van der Waals surface area (Å²) >= 11 is 12.6. The first kappa shape index (κ1) is 28.5. The van der Waals surface area contributed by atoms with Gasteiger partial charge in [0.25, 0.3) is 0 Å². The van der Waals surface area contributed by atoms with E-state index in [0.717, 1.165) is 49.5 Å². The van der Waals surface area contributed by atoms with Gasteiger partial charge in [0.15, 0.2) is 0 Å². The Balaban J connectivity index is 0.00000361. The van der Waals surface area contributed by atoms with Crippen molar-refractivity contribution in [1.29, 1.82) is 0 Å². The molecular weight excluding hydrogens is 511 g/mol. The van der Waals surface area contributed by atoms with E-state index in [0.29, 0.717) is 16.5 Å². The van der Waals surface area contributed by atoms with Gasteiger partial charge in [0.05, 0.1) is 16.0 Å². The predicted molar refractivity (Wildman–Crippen MR) is 153 cm³/mol. The summed E-state index contributed by atoms with van der Waals surface area (Å²) in [4.78, 5) is 15.0. The third-order valence-corrected chi connectivity index (χ3v) is 8.09. The van der Waals surface area contributed by atoms with Crippen LogP contribution in [0.3, 0.4) is 0 Å². The number of amides is 1. The average Bonchev–Trinajstić information content (AvgIpc) is 2.88. The number of hydrogen-bond donors (Lipinski definition) is 1. The molecule has 0 bridgehead atoms. The molecule has 1 saturated heterocycles. The third kappa shape index (κ3) is 7.98. The molecule has 0 spiro atoms. The Hall–Kier alpha value is -2.04. The lowest BCUT2D eigenvalue weighted by atomic mass is 9.82. The van der Waals surface area contributed by atoms with E-state index in [1.165, 1.54) is 18.4 Å². The van der Waals surface area contributed by atoms with Crippen molar-refractivity contribution in [3.05, 3.63) is 106 Å². The van der Waals surface area contributed by atoms with Crippen molar-refractivity contribution in [1.82, 2.24) is 4.90 Å². The fraction of sp³-hybridized carbons (Fsp3) is 0.367. The van der Waals surface area contributed by atoms with Crippen molar-refractivity contribution >= 4 is 41.5 Å². The lowest BCUT2D eigenvalue weighted by Gasteiger charge is -2.33. The van der Waals surface area contributed by atoms with Crippen molar-refractivity contribution < 1.29 is 4.79 Å². The lowest BCUT2D eigenvalue weighted by Crippen LogP contribution is -2.35. The van der Waals surface area contributed by atoms with Crippen LogP contribution in [0.15, 0.2) is 78.9 Å². The van der Waals surface area contributed by atoms with E-state index in [1.807, 2.05) is 48.5 Å². The molecule has 192 valence electrons. The zero-order chi connectivity index (χ0) is 24.6. The monoisotopic (exact) mass is 544 g/mol. The molecule has 3 aromatic rings. The summed E-state index contributed by atoms with van der Waals surface area (Å²) in [5.74, 6) is 0.275. The molecule has 3 aromatic carbocycles. The molecule has 36 heavy (non-hydrogen) atoms. The largest absolute Gasteiger partial charge is 0.369 e. The molecule has 1 heterocycles. The molecule has 1 aliphatic heterocycles. The minimum atomic E-state index is -0.340. The van der Waals surface area contributed by atoms with Gasteiger partial charge in [-0.2, -0.15) is 0 Å². The summed E-state index contributed by atoms with van der Waals surface area (Å²) in [5.41, 5.74) is 9.38. The van der Waals surface area contributed by atoms with E-state index in [9.17, 15) is 4.79 Å². The number of benzene rings is 3. The van der Waals surface area contributed by atoms with Crippen LogP contribution >= 0.6 is 35.6 Å². The highest BCUT2D eigenvalue weighted by Crippen LogP contribution is 2.35. The standard InChI is InChI=1S/C30H34Cl2N2O.ClH/c31-28-12-11-25(21-29(28)32)26(20-27(30(33)35)24-9-5-2-6-10-24)15-18-34-16-13-23(14-17-34)19-22-7-3-1-4-8-22;/h1-12,21,23,26-27H,13-20H2,(H2,33,35);1H. The number of rotatable bonds is 10. The first-order chi connectivity index (χ1) is 17.0. The molecule has 4 rings (SSSR count). The van der Waals surface area contributed by atoms with Crippen LogP contribution in [-0.4, -0.2) is 30.4 Å². The topological polar surface area (TPSA) is 46.3 Å². The molecule has 2 N–H and O–H groups in total. The molecule has 2 atom stereocenters. The van der Waals surface area contributed by atoms with Gasteiger partial charge in [-0.1, -0.05) is 89.9 Å². The van der Waals surface area contributed by atoms with Crippen LogP contribution in [0.1, 0.15) is 54.2 Å². The predicted octanol–water partition coefficient (Wildman–Crippen LogP) is 7.50. The molecule has 3 nitrogen and oxygen atoms in total. The van der Waals surface area contributed by atoms with Gasteiger partial charge in [0, 0.05) is 0 Å². The van der Waals surface area contributed by atoms with Crippen LogP contribution in [0.5, 0.6) is 0 Å². The fourth-order valence-corrected chi connectivity index (χ4v) is 5.58. The van der Waals surface area contributed by atoms with Crippen molar-refractivity contribution in [2.24, 2.45) is 11.7 Å². The molecule has 2 unspecified atom stereocenters. The molecule has 0 radical (unpaired) electrons. The lowest BCUT2D eigenvalue weighted by molar-refractivity contribution is -0.119. The molecule has 6 heteroatoms. The number of nitrogens with zero attached hydrogens (tertiary/aromatic N) is 1. The van der Waals surface area contributed by atoms with Gasteiger partial charge >= 0.3 is 0 Å². The molecule has 0 saturated carbocycles. The summed E-state index contributed by atoms with van der Waals surface area (Å²) < 4.78 is 0. The molecule has 0 aliphatic carbocycles. The van der Waals surface area contributed by atoms with Crippen LogP contribution < -0.4 is 5.73 Å². The van der Waals surface area contributed by atoms with Crippen molar-refractivity contribution in [3.63, 3.8) is 0 Å². The number of hydrogen-bond acceptors (Lipinski definition) is 2. The highest BCUT2D eigenvalue weighted by Gasteiger charge is 2.26. The van der Waals surface area contributed by atoms with Gasteiger partial charge in [0.1, 0.15) is 0 Å². The maximum atomic E-state index is 12.4. The van der Waals surface area contributed by atoms with E-state index < -0.39 is 0 Å². The number of piperidine rings is 1. The van der Waals surface area contributed by atoms with Gasteiger partial charge in [-0.05, 0) is 92.4 Å². The minimum absolute atomic E-state index is 0. The summed E-state index contributed by atoms with van der Waals surface area (Å²) in [5, 5.41) is 1.09. The molecule has 1 amide bonds. The van der Waals surface area contributed by atoms with Crippen LogP contribution in [0.25, 0.3) is 0 Å². The maximum absolute atomic E-state index is 12.4. The van der Waals surface area contributed by atoms with Gasteiger partial charge in [-0.3, -0.25) is 4.79 Å². The summed E-state index contributed by atoms with van der Waals surface area (Å²) in [7, 11) is 0. The normalized spacial score (nSPS) is 16.2. The Bertz CT molecular complexity index is 1090. The second-order valence-electron chi connectivity index (χ2n) is 9.74. The van der Waals surface area contributed by atoms with Gasteiger partial charge in [-0.15, -0.1) is 12.4 Å². The van der Waals surface area contributed by atoms with E-state index in [2.05, 4.69) is 35.2 Å². The number of likely N-dealkylation sites (tertiary alicyclic amines) is 1. The van der Waals surface area contributed by atoms with Crippen LogP contribution in [0.4, 0.5) is 0 Å². The number of carbonyl (C=O) groups is 1. The van der Waals surface area contributed by atoms with Gasteiger partial charge in [0.2, 0.25) is 5.91 Å². The number of nitrogens with two attached hydrogens (primary N) is 1. The minimum Gasteiger partial charge on any atom is -0.369 e. The molecule has 1 aliphatic rings. The number of primary amides is 1. The molecular formula is C30H35Cl3N2O. The molecule has 0 aromatic heterocycles. The number of carbonyl (C=O) groups excluding carboxylic acids is 1. The second kappa shape index (κ2) is 14.0. The first-order valence-electron chi connectivity index (χ1n) is 12.5. The summed E-state index contributed by atoms with van der Waals surface area (Å²) in [6.45, 7) is 3.22. The maximum Gasteiger partial charge on any atom is 0.224 e. The van der Waals surface area contributed by atoms with Crippen molar-refractivity contribution in [3.8, 4) is 0 Å². The van der Waals surface area contributed by atoms with Gasteiger partial charge in [-0.25, -0.2) is 0 Å². The van der Waals surface area contributed by atoms with E-state index >= 15 is 0 Å². The van der Waals surface area contributed by atoms with Gasteiger partial charge < -0.3 is 10.6 Å². The highest BCUT2D eigenvalue weighted by atomic mass is 35.5. The Labute approximate surface area is 231 Å². The van der Waals surface area contributed by atoms with E-state index in [4.69, 9.17) is 28.9 Å². The first-order valence-corrected chi connectivity index (χ1v) is 13.3. The number of halogens is 3. The van der Waals surface area contributed by atoms with Crippen molar-refractivity contribution in [2.45, 2.75) is 43.9 Å². The quantitative estimate of drug-likeness (QED) is 0.287. The Kier molecular flexibility index (Phi) is 11.1. The van der Waals surface area contributed by atoms with Crippen LogP contribution in [0, 0.1) is 5.92 Å². The average molecular weight is 546 g/mol. The Morgan fingerprint density at radius 1 is 0.889 bits per heavy atom. The Morgan fingerprint density at radius 3 is 2.14 bits per heavy atom. The van der Waals surface area contributed by atoms with E-state index in [1.54, 1.807) is 0 Å². The fourth-order valence-electron chi connectivity index (χ4n) is 5.27. The van der Waals surface area contributed by atoms with Crippen LogP contribution in [-0.2, 0) is 11.2 Å². The Morgan fingerprint density at radius 2 is 1.53 bits per heavy atom. The highest BCUT2D eigenvalue weighted by molar-refractivity contribution is 6.42. The third-order valence-electron chi connectivity index (χ3n) is 7.35. The zero-order valence-corrected chi connectivity index (χ0v) is 22.8. The second-order valence-corrected chi connectivity index (χ2v) is 10.5. The molecule has 1 fully saturated rings. The smallest absolute Gasteiger partial charge is 0.224 e. The summed E-state index contributed by atoms with van der Waals surface area (Å²) in [6, 6.07) is 26.5. The van der Waals surface area contributed by atoms with Crippen molar-refractivity contribution in [2.75, 3.05) is 19.6 Å². The summed E-state index contributed by atoms with van der Waals surface area (Å²) in [6.07, 6.45) is 5.21. The van der Waals surface area contributed by atoms with E-state index in [-0.39, 0.29) is 30.2 Å². The van der Waals surface area contributed by atoms with Crippen LogP contribution in [0.2, 0.25) is 10.0 Å². The zero-order valence-electron chi connectivity index (χ0n) is 20.5. The SMILES string of the molecule is Cl.NC(=O)C(CC(CCN1CCC(Cc2ccccc2)CC1)c1ccc(Cl)c(Cl)c1)c1ccccc1.